The first-order chi connectivity index (χ1) is 13.4. The summed E-state index contributed by atoms with van der Waals surface area (Å²) < 4.78 is 11.3. The van der Waals surface area contributed by atoms with E-state index in [9.17, 15) is 4.79 Å². The van der Waals surface area contributed by atoms with Gasteiger partial charge in [0.1, 0.15) is 18.0 Å². The van der Waals surface area contributed by atoms with Crippen LogP contribution in [0.3, 0.4) is 0 Å². The third kappa shape index (κ3) is 6.15. The van der Waals surface area contributed by atoms with E-state index in [0.717, 1.165) is 29.7 Å². The summed E-state index contributed by atoms with van der Waals surface area (Å²) in [6.45, 7) is 7.67. The summed E-state index contributed by atoms with van der Waals surface area (Å²) in [5.74, 6) is 0.866. The minimum atomic E-state index is -0.447. The Hall–Kier alpha value is -2.75. The first-order valence-electron chi connectivity index (χ1n) is 9.83. The predicted octanol–water partition coefficient (Wildman–Crippen LogP) is 5.68. The number of carbonyl (C=O) groups excluding carboxylic acids is 1. The largest absolute Gasteiger partial charge is 0.489 e. The Balaban J connectivity index is 1.50. The Morgan fingerprint density at radius 1 is 1.00 bits per heavy atom. The molecule has 1 aliphatic rings. The van der Waals surface area contributed by atoms with Crippen LogP contribution in [0.15, 0.2) is 60.2 Å². The Labute approximate surface area is 167 Å². The van der Waals surface area contributed by atoms with Crippen LogP contribution < -0.4 is 4.74 Å². The van der Waals surface area contributed by atoms with E-state index in [0.29, 0.717) is 19.7 Å². The fourth-order valence-corrected chi connectivity index (χ4v) is 3.08. The minimum absolute atomic E-state index is 0.216. The Morgan fingerprint density at radius 3 is 2.25 bits per heavy atom. The molecule has 0 radical (unpaired) electrons. The monoisotopic (exact) mass is 379 g/mol. The second kappa shape index (κ2) is 8.96. The molecule has 0 saturated carbocycles. The summed E-state index contributed by atoms with van der Waals surface area (Å²) >= 11 is 0. The van der Waals surface area contributed by atoms with E-state index in [-0.39, 0.29) is 6.09 Å². The van der Waals surface area contributed by atoms with Crippen molar-refractivity contribution in [2.24, 2.45) is 0 Å². The van der Waals surface area contributed by atoms with E-state index in [1.807, 2.05) is 51.1 Å². The molecule has 0 aliphatic carbocycles. The first-order valence-corrected chi connectivity index (χ1v) is 9.83. The average molecular weight is 380 g/mol. The highest BCUT2D eigenvalue weighted by Gasteiger charge is 2.24. The molecule has 2 aromatic rings. The molecule has 0 N–H and O–H groups in total. The predicted molar refractivity (Wildman–Crippen MR) is 112 cm³/mol. The third-order valence-electron chi connectivity index (χ3n) is 4.56. The molecule has 1 aliphatic heterocycles. The van der Waals surface area contributed by atoms with E-state index < -0.39 is 5.60 Å². The lowest BCUT2D eigenvalue weighted by atomic mass is 10.0. The van der Waals surface area contributed by atoms with Crippen molar-refractivity contribution in [2.45, 2.75) is 45.8 Å². The number of hydrogen-bond donors (Lipinski definition) is 0. The van der Waals surface area contributed by atoms with Gasteiger partial charge in [0.15, 0.2) is 0 Å². The Morgan fingerprint density at radius 2 is 1.64 bits per heavy atom. The molecule has 1 fully saturated rings. The minimum Gasteiger partial charge on any atom is -0.489 e. The highest BCUT2D eigenvalue weighted by molar-refractivity contribution is 5.68. The fourth-order valence-electron chi connectivity index (χ4n) is 3.08. The number of piperidine rings is 1. The molecule has 28 heavy (non-hydrogen) atoms. The first kappa shape index (κ1) is 20.0. The summed E-state index contributed by atoms with van der Waals surface area (Å²) in [7, 11) is 0. The van der Waals surface area contributed by atoms with E-state index >= 15 is 0 Å². The standard InChI is InChI=1S/C24H29NO3/c1-24(2,3)28-23(26)25-15-13-20(14-16-25)17-19-9-11-22(12-10-19)27-18-21-7-5-4-6-8-21/h4-12,17H,13-16,18H2,1-3H3. The van der Waals surface area contributed by atoms with Gasteiger partial charge in [0.2, 0.25) is 0 Å². The molecule has 148 valence electrons. The van der Waals surface area contributed by atoms with E-state index in [1.165, 1.54) is 5.57 Å². The highest BCUT2D eigenvalue weighted by Crippen LogP contribution is 2.22. The maximum absolute atomic E-state index is 12.2. The third-order valence-corrected chi connectivity index (χ3v) is 4.56. The number of carbonyl (C=O) groups is 1. The van der Waals surface area contributed by atoms with Gasteiger partial charge < -0.3 is 14.4 Å². The van der Waals surface area contributed by atoms with Crippen LogP contribution in [0.4, 0.5) is 4.79 Å². The second-order valence-electron chi connectivity index (χ2n) is 8.11. The van der Waals surface area contributed by atoms with Gasteiger partial charge in [-0.05, 0) is 56.9 Å². The van der Waals surface area contributed by atoms with Crippen molar-refractivity contribution in [3.8, 4) is 5.75 Å². The van der Waals surface area contributed by atoms with Gasteiger partial charge in [0.05, 0.1) is 0 Å². The molecular formula is C24H29NO3. The maximum atomic E-state index is 12.2. The lowest BCUT2D eigenvalue weighted by molar-refractivity contribution is 0.0237. The van der Waals surface area contributed by atoms with E-state index in [2.05, 4.69) is 30.3 Å². The summed E-state index contributed by atoms with van der Waals surface area (Å²) in [5, 5.41) is 0. The van der Waals surface area contributed by atoms with E-state index in [1.54, 1.807) is 4.90 Å². The molecule has 0 aromatic heterocycles. The molecule has 4 heteroatoms. The molecule has 1 heterocycles. The molecule has 0 unspecified atom stereocenters. The van der Waals surface area contributed by atoms with Crippen molar-refractivity contribution >= 4 is 12.2 Å². The Kier molecular flexibility index (Phi) is 6.40. The van der Waals surface area contributed by atoms with Crippen LogP contribution in [0.2, 0.25) is 0 Å². The lowest BCUT2D eigenvalue weighted by Crippen LogP contribution is -2.40. The van der Waals surface area contributed by atoms with Crippen molar-refractivity contribution in [1.82, 2.24) is 4.90 Å². The van der Waals surface area contributed by atoms with Crippen molar-refractivity contribution in [2.75, 3.05) is 13.1 Å². The van der Waals surface area contributed by atoms with Crippen molar-refractivity contribution in [1.29, 1.82) is 0 Å². The van der Waals surface area contributed by atoms with Crippen molar-refractivity contribution in [3.05, 3.63) is 71.3 Å². The molecular weight excluding hydrogens is 350 g/mol. The van der Waals surface area contributed by atoms with Gasteiger partial charge in [-0.25, -0.2) is 4.79 Å². The number of ether oxygens (including phenoxy) is 2. The normalized spacial score (nSPS) is 14.5. The summed E-state index contributed by atoms with van der Waals surface area (Å²) in [6, 6.07) is 18.3. The molecule has 2 aromatic carbocycles. The van der Waals surface area contributed by atoms with Gasteiger partial charge in [-0.1, -0.05) is 54.1 Å². The topological polar surface area (TPSA) is 38.8 Å². The zero-order valence-electron chi connectivity index (χ0n) is 17.0. The fraction of sp³-hybridized carbons (Fsp3) is 0.375. The van der Waals surface area contributed by atoms with Crippen LogP contribution >= 0.6 is 0 Å². The van der Waals surface area contributed by atoms with Gasteiger partial charge in [0.25, 0.3) is 0 Å². The van der Waals surface area contributed by atoms with Crippen LogP contribution in [0.25, 0.3) is 6.08 Å². The van der Waals surface area contributed by atoms with Crippen LogP contribution in [0.5, 0.6) is 5.75 Å². The Bertz CT molecular complexity index is 794. The van der Waals surface area contributed by atoms with Gasteiger partial charge in [-0.3, -0.25) is 0 Å². The number of amides is 1. The highest BCUT2D eigenvalue weighted by atomic mass is 16.6. The number of benzene rings is 2. The number of likely N-dealkylation sites (tertiary alicyclic amines) is 1. The summed E-state index contributed by atoms with van der Waals surface area (Å²) in [6.07, 6.45) is 3.76. The second-order valence-corrected chi connectivity index (χ2v) is 8.11. The van der Waals surface area contributed by atoms with Crippen LogP contribution in [0.1, 0.15) is 44.7 Å². The summed E-state index contributed by atoms with van der Waals surface area (Å²) in [5.41, 5.74) is 3.23. The molecule has 3 rings (SSSR count). The van der Waals surface area contributed by atoms with Gasteiger partial charge in [-0.2, -0.15) is 0 Å². The smallest absolute Gasteiger partial charge is 0.410 e. The van der Waals surface area contributed by atoms with Gasteiger partial charge >= 0.3 is 6.09 Å². The van der Waals surface area contributed by atoms with Crippen LogP contribution in [-0.4, -0.2) is 29.7 Å². The zero-order chi connectivity index (χ0) is 20.0. The van der Waals surface area contributed by atoms with Crippen molar-refractivity contribution in [3.63, 3.8) is 0 Å². The molecule has 0 bridgehead atoms. The van der Waals surface area contributed by atoms with Crippen LogP contribution in [-0.2, 0) is 11.3 Å². The molecule has 1 amide bonds. The number of nitrogens with zero attached hydrogens (tertiary/aromatic N) is 1. The van der Waals surface area contributed by atoms with E-state index in [4.69, 9.17) is 9.47 Å². The van der Waals surface area contributed by atoms with Gasteiger partial charge in [0, 0.05) is 13.1 Å². The summed E-state index contributed by atoms with van der Waals surface area (Å²) in [4.78, 5) is 13.9. The van der Waals surface area contributed by atoms with Crippen molar-refractivity contribution < 1.29 is 14.3 Å². The SMILES string of the molecule is CC(C)(C)OC(=O)N1CCC(=Cc2ccc(OCc3ccccc3)cc2)CC1. The average Bonchev–Trinajstić information content (AvgIpc) is 2.67. The number of rotatable bonds is 4. The molecule has 4 nitrogen and oxygen atoms in total. The lowest BCUT2D eigenvalue weighted by Gasteiger charge is -2.31. The quantitative estimate of drug-likeness (QED) is 0.686. The maximum Gasteiger partial charge on any atom is 0.410 e. The van der Waals surface area contributed by atoms with Crippen LogP contribution in [0, 0.1) is 0 Å². The zero-order valence-corrected chi connectivity index (χ0v) is 17.0. The van der Waals surface area contributed by atoms with Gasteiger partial charge in [-0.15, -0.1) is 0 Å². The number of hydrogen-bond acceptors (Lipinski definition) is 3. The molecule has 1 saturated heterocycles. The molecule has 0 spiro atoms. The molecule has 0 atom stereocenters.